The molecule has 2 aromatic heterocycles. The highest BCUT2D eigenvalue weighted by molar-refractivity contribution is 7.99. The number of nitrogens with zero attached hydrogens (tertiary/aromatic N) is 4. The van der Waals surface area contributed by atoms with Gasteiger partial charge >= 0.3 is 0 Å². The van der Waals surface area contributed by atoms with Crippen LogP contribution >= 0.6 is 11.8 Å². The van der Waals surface area contributed by atoms with E-state index in [4.69, 9.17) is 0 Å². The maximum absolute atomic E-state index is 13.0. The average Bonchev–Trinajstić information content (AvgIpc) is 3.26. The highest BCUT2D eigenvalue weighted by Crippen LogP contribution is 2.27. The maximum Gasteiger partial charge on any atom is 0.191 e. The summed E-state index contributed by atoms with van der Waals surface area (Å²) in [6.45, 7) is 6.08. The van der Waals surface area contributed by atoms with Crippen molar-refractivity contribution in [3.63, 3.8) is 0 Å². The normalized spacial score (nSPS) is 11.1. The smallest absolute Gasteiger partial charge is 0.191 e. The zero-order valence-corrected chi connectivity index (χ0v) is 18.4. The van der Waals surface area contributed by atoms with Gasteiger partial charge in [-0.25, -0.2) is 0 Å². The number of benzene rings is 2. The van der Waals surface area contributed by atoms with Gasteiger partial charge in [-0.15, -0.1) is 10.2 Å². The number of ketones is 1. The third-order valence-electron chi connectivity index (χ3n) is 5.30. The van der Waals surface area contributed by atoms with Crippen molar-refractivity contribution in [1.29, 1.82) is 0 Å². The first-order valence-electron chi connectivity index (χ1n) is 9.83. The fraction of sp³-hybridized carbons (Fsp3) is 0.208. The number of carbonyl (C=O) groups excluding carboxylic acids is 1. The lowest BCUT2D eigenvalue weighted by Gasteiger charge is -2.09. The van der Waals surface area contributed by atoms with Crippen LogP contribution < -0.4 is 0 Å². The topological polar surface area (TPSA) is 52.7 Å². The molecule has 2 heterocycles. The Hall–Kier alpha value is -3.12. The van der Waals surface area contributed by atoms with Crippen LogP contribution in [0.15, 0.2) is 65.8 Å². The van der Waals surface area contributed by atoms with Gasteiger partial charge in [-0.3, -0.25) is 4.79 Å². The van der Waals surface area contributed by atoms with E-state index in [2.05, 4.69) is 39.9 Å². The van der Waals surface area contributed by atoms with Crippen molar-refractivity contribution in [2.24, 2.45) is 7.05 Å². The van der Waals surface area contributed by atoms with Gasteiger partial charge in [0.2, 0.25) is 0 Å². The second-order valence-electron chi connectivity index (χ2n) is 7.35. The van der Waals surface area contributed by atoms with Crippen LogP contribution in [0.5, 0.6) is 0 Å². The number of para-hydroxylation sites is 1. The molecule has 0 radical (unpaired) electrons. The monoisotopic (exact) mass is 416 g/mol. The summed E-state index contributed by atoms with van der Waals surface area (Å²) in [5, 5.41) is 9.39. The quantitative estimate of drug-likeness (QED) is 0.321. The molecule has 0 aliphatic rings. The van der Waals surface area contributed by atoms with E-state index in [0.29, 0.717) is 5.75 Å². The molecule has 0 saturated heterocycles. The third-order valence-corrected chi connectivity index (χ3v) is 6.32. The second-order valence-corrected chi connectivity index (χ2v) is 8.29. The highest BCUT2D eigenvalue weighted by atomic mass is 32.2. The summed E-state index contributed by atoms with van der Waals surface area (Å²) >= 11 is 1.42. The van der Waals surface area contributed by atoms with Crippen LogP contribution in [0.25, 0.3) is 17.1 Å². The van der Waals surface area contributed by atoms with Crippen molar-refractivity contribution in [3.05, 3.63) is 83.2 Å². The Morgan fingerprint density at radius 3 is 2.40 bits per heavy atom. The van der Waals surface area contributed by atoms with Crippen LogP contribution in [0.2, 0.25) is 0 Å². The predicted octanol–water partition coefficient (Wildman–Crippen LogP) is 5.17. The minimum atomic E-state index is 0.0933. The molecule has 2 aromatic carbocycles. The molecular formula is C24H24N4OS. The SMILES string of the molecule is Cc1ccccc1-c1nnc(SCC(=O)c2cc(C)n(-c3ccccc3)c2C)n1C. The molecule has 0 spiro atoms. The van der Waals surface area contributed by atoms with Gasteiger partial charge < -0.3 is 9.13 Å². The first kappa shape index (κ1) is 20.2. The number of hydrogen-bond acceptors (Lipinski definition) is 4. The van der Waals surface area contributed by atoms with Crippen molar-refractivity contribution in [1.82, 2.24) is 19.3 Å². The summed E-state index contributed by atoms with van der Waals surface area (Å²) in [7, 11) is 1.94. The number of aryl methyl sites for hydroxylation is 2. The number of hydrogen-bond donors (Lipinski definition) is 0. The molecule has 0 atom stereocenters. The number of carbonyl (C=O) groups is 1. The van der Waals surface area contributed by atoms with Gasteiger partial charge in [0.15, 0.2) is 16.8 Å². The Bertz CT molecular complexity index is 1210. The fourth-order valence-corrected chi connectivity index (χ4v) is 4.52. The second kappa shape index (κ2) is 8.32. The molecule has 5 nitrogen and oxygen atoms in total. The Morgan fingerprint density at radius 1 is 0.967 bits per heavy atom. The van der Waals surface area contributed by atoms with E-state index in [-0.39, 0.29) is 5.78 Å². The highest BCUT2D eigenvalue weighted by Gasteiger charge is 2.19. The number of aromatic nitrogens is 4. The van der Waals surface area contributed by atoms with Crippen LogP contribution in [0.1, 0.15) is 27.3 Å². The number of rotatable bonds is 6. The summed E-state index contributed by atoms with van der Waals surface area (Å²) < 4.78 is 4.07. The first-order valence-corrected chi connectivity index (χ1v) is 10.8. The van der Waals surface area contributed by atoms with E-state index in [9.17, 15) is 4.79 Å². The molecule has 6 heteroatoms. The lowest BCUT2D eigenvalue weighted by Crippen LogP contribution is -2.06. The van der Waals surface area contributed by atoms with Crippen molar-refractivity contribution < 1.29 is 4.79 Å². The predicted molar refractivity (Wildman–Crippen MR) is 121 cm³/mol. The molecule has 0 aliphatic carbocycles. The van der Waals surface area contributed by atoms with E-state index in [1.165, 1.54) is 11.8 Å². The summed E-state index contributed by atoms with van der Waals surface area (Å²) in [5.74, 6) is 1.22. The molecular weight excluding hydrogens is 392 g/mol. The molecule has 0 fully saturated rings. The van der Waals surface area contributed by atoms with Gasteiger partial charge in [-0.2, -0.15) is 0 Å². The Kier molecular flexibility index (Phi) is 5.59. The van der Waals surface area contributed by atoms with Crippen molar-refractivity contribution >= 4 is 17.5 Å². The minimum absolute atomic E-state index is 0.0933. The first-order chi connectivity index (χ1) is 14.5. The summed E-state index contributed by atoms with van der Waals surface area (Å²) in [5.41, 5.74) is 6.03. The van der Waals surface area contributed by atoms with Gasteiger partial charge in [-0.1, -0.05) is 54.2 Å². The van der Waals surface area contributed by atoms with Crippen molar-refractivity contribution in [2.75, 3.05) is 5.75 Å². The molecule has 4 rings (SSSR count). The van der Waals surface area contributed by atoms with E-state index >= 15 is 0 Å². The lowest BCUT2D eigenvalue weighted by atomic mass is 10.1. The average molecular weight is 417 g/mol. The molecule has 0 saturated carbocycles. The molecule has 0 aliphatic heterocycles. The third kappa shape index (κ3) is 3.71. The van der Waals surface area contributed by atoms with E-state index in [1.54, 1.807) is 0 Å². The summed E-state index contributed by atoms with van der Waals surface area (Å²) in [6.07, 6.45) is 0. The van der Waals surface area contributed by atoms with Gasteiger partial charge in [0.05, 0.1) is 5.75 Å². The van der Waals surface area contributed by atoms with E-state index in [0.717, 1.165) is 44.7 Å². The number of Topliss-reactive ketones (excluding diaryl/α,β-unsaturated/α-hetero) is 1. The summed E-state index contributed by atoms with van der Waals surface area (Å²) in [4.78, 5) is 13.0. The van der Waals surface area contributed by atoms with Gasteiger partial charge in [0, 0.05) is 35.2 Å². The van der Waals surface area contributed by atoms with E-state index < -0.39 is 0 Å². The zero-order chi connectivity index (χ0) is 21.3. The lowest BCUT2D eigenvalue weighted by molar-refractivity contribution is 0.102. The van der Waals surface area contributed by atoms with E-state index in [1.807, 2.05) is 67.9 Å². The van der Waals surface area contributed by atoms with Gasteiger partial charge in [0.25, 0.3) is 0 Å². The standard InChI is InChI=1S/C24H24N4OS/c1-16-10-8-9-13-20(16)23-25-26-24(27(23)4)30-15-22(29)21-14-17(2)28(18(21)3)19-11-6-5-7-12-19/h5-14H,15H2,1-4H3. The molecule has 0 N–H and O–H groups in total. The van der Waals surface area contributed by atoms with Crippen molar-refractivity contribution in [2.45, 2.75) is 25.9 Å². The largest absolute Gasteiger partial charge is 0.318 e. The molecule has 0 bridgehead atoms. The molecule has 0 amide bonds. The Labute approximate surface area is 180 Å². The van der Waals surface area contributed by atoms with Crippen LogP contribution in [0, 0.1) is 20.8 Å². The maximum atomic E-state index is 13.0. The number of thioether (sulfide) groups is 1. The van der Waals surface area contributed by atoms with Crippen LogP contribution in [0.3, 0.4) is 0 Å². The van der Waals surface area contributed by atoms with Crippen LogP contribution in [0.4, 0.5) is 0 Å². The summed E-state index contributed by atoms with van der Waals surface area (Å²) in [6, 6.07) is 20.2. The van der Waals surface area contributed by atoms with Crippen LogP contribution in [-0.2, 0) is 7.05 Å². The molecule has 30 heavy (non-hydrogen) atoms. The Balaban J connectivity index is 1.53. The van der Waals surface area contributed by atoms with Gasteiger partial charge in [0.1, 0.15) is 0 Å². The minimum Gasteiger partial charge on any atom is -0.318 e. The van der Waals surface area contributed by atoms with Gasteiger partial charge in [-0.05, 0) is 44.5 Å². The Morgan fingerprint density at radius 2 is 1.67 bits per heavy atom. The molecule has 152 valence electrons. The molecule has 0 unspecified atom stereocenters. The van der Waals surface area contributed by atoms with Crippen molar-refractivity contribution in [3.8, 4) is 17.1 Å². The van der Waals surface area contributed by atoms with Crippen LogP contribution in [-0.4, -0.2) is 30.9 Å². The molecule has 4 aromatic rings. The fourth-order valence-electron chi connectivity index (χ4n) is 3.73. The zero-order valence-electron chi connectivity index (χ0n) is 17.6.